The Labute approximate surface area is 158 Å². The van der Waals surface area contributed by atoms with Crippen LogP contribution in [0.2, 0.25) is 0 Å². The fourth-order valence-corrected chi connectivity index (χ4v) is 2.95. The number of para-hydroxylation sites is 2. The fourth-order valence-electron chi connectivity index (χ4n) is 2.95. The molecule has 0 spiro atoms. The highest BCUT2D eigenvalue weighted by Crippen LogP contribution is 2.32. The van der Waals surface area contributed by atoms with Crippen LogP contribution in [-0.4, -0.2) is 58.6 Å². The van der Waals surface area contributed by atoms with Crippen molar-refractivity contribution in [1.82, 2.24) is 9.88 Å². The second-order valence-corrected chi connectivity index (χ2v) is 6.90. The number of rotatable bonds is 5. The van der Waals surface area contributed by atoms with Gasteiger partial charge in [-0.15, -0.1) is 0 Å². The topological polar surface area (TPSA) is 83.0 Å². The molecule has 0 radical (unpaired) electrons. The molecule has 1 aliphatic heterocycles. The second kappa shape index (κ2) is 7.65. The fraction of sp³-hybridized carbons (Fsp3) is 0.350. The summed E-state index contributed by atoms with van der Waals surface area (Å²) >= 11 is 0. The van der Waals surface area contributed by atoms with Gasteiger partial charge in [-0.2, -0.15) is 0 Å². The van der Waals surface area contributed by atoms with Gasteiger partial charge in [-0.3, -0.25) is 9.78 Å². The maximum absolute atomic E-state index is 12.6. The zero-order valence-corrected chi connectivity index (χ0v) is 15.5. The number of carbonyl (C=O) groups excluding carboxylic acids is 1. The average molecular weight is 369 g/mol. The van der Waals surface area contributed by atoms with E-state index in [0.29, 0.717) is 37.5 Å². The molecule has 1 aromatic carbocycles. The number of nitrogens with zero attached hydrogens (tertiary/aromatic N) is 3. The number of carboxylic acids is 1. The molecular weight excluding hydrogens is 346 g/mol. The number of carboxylic acid groups (broad SMARTS) is 1. The molecule has 0 atom stereocenters. The predicted molar refractivity (Wildman–Crippen MR) is 101 cm³/mol. The van der Waals surface area contributed by atoms with Gasteiger partial charge in [0.25, 0.3) is 5.91 Å². The van der Waals surface area contributed by atoms with E-state index in [0.717, 1.165) is 5.69 Å². The summed E-state index contributed by atoms with van der Waals surface area (Å²) in [5, 5.41) is 9.32. The largest absolute Gasteiger partial charge is 0.478 e. The minimum Gasteiger partial charge on any atom is -0.478 e. The van der Waals surface area contributed by atoms with Crippen molar-refractivity contribution in [3.63, 3.8) is 0 Å². The number of amides is 1. The van der Waals surface area contributed by atoms with E-state index in [1.54, 1.807) is 30.6 Å². The smallest absolute Gasteiger partial charge is 0.347 e. The van der Waals surface area contributed by atoms with Crippen LogP contribution in [0.5, 0.6) is 5.75 Å². The first-order valence-electron chi connectivity index (χ1n) is 8.84. The van der Waals surface area contributed by atoms with Crippen LogP contribution in [0.1, 0.15) is 24.2 Å². The van der Waals surface area contributed by atoms with Crippen LogP contribution in [0.4, 0.5) is 5.69 Å². The summed E-state index contributed by atoms with van der Waals surface area (Å²) < 4.78 is 5.76. The highest BCUT2D eigenvalue weighted by molar-refractivity contribution is 5.94. The Hall–Kier alpha value is -3.09. The zero-order valence-electron chi connectivity index (χ0n) is 15.5. The molecule has 1 amide bonds. The minimum absolute atomic E-state index is 0.00593. The lowest BCUT2D eigenvalue weighted by molar-refractivity contribution is -0.152. The summed E-state index contributed by atoms with van der Waals surface area (Å²) in [6, 6.07) is 10.8. The Morgan fingerprint density at radius 3 is 2.30 bits per heavy atom. The molecule has 0 saturated carbocycles. The third-order valence-corrected chi connectivity index (χ3v) is 4.58. The van der Waals surface area contributed by atoms with Gasteiger partial charge in [-0.05, 0) is 38.1 Å². The van der Waals surface area contributed by atoms with Crippen molar-refractivity contribution >= 4 is 17.6 Å². The number of hydrogen-bond donors (Lipinski definition) is 1. The average Bonchev–Trinajstić information content (AvgIpc) is 2.68. The van der Waals surface area contributed by atoms with Crippen LogP contribution in [0.25, 0.3) is 0 Å². The van der Waals surface area contributed by atoms with Gasteiger partial charge in [0.15, 0.2) is 5.60 Å². The first-order valence-corrected chi connectivity index (χ1v) is 8.84. The lowest BCUT2D eigenvalue weighted by Crippen LogP contribution is -2.49. The van der Waals surface area contributed by atoms with E-state index in [4.69, 9.17) is 4.74 Å². The molecule has 7 nitrogen and oxygen atoms in total. The predicted octanol–water partition coefficient (Wildman–Crippen LogP) is 2.29. The third-order valence-electron chi connectivity index (χ3n) is 4.58. The molecule has 3 rings (SSSR count). The van der Waals surface area contributed by atoms with Crippen LogP contribution in [0, 0.1) is 0 Å². The van der Waals surface area contributed by atoms with Crippen LogP contribution in [0.15, 0.2) is 48.8 Å². The van der Waals surface area contributed by atoms with Crippen molar-refractivity contribution in [2.75, 3.05) is 31.1 Å². The van der Waals surface area contributed by atoms with E-state index in [9.17, 15) is 14.7 Å². The maximum Gasteiger partial charge on any atom is 0.347 e. The molecule has 0 unspecified atom stereocenters. The normalized spacial score (nSPS) is 14.7. The van der Waals surface area contributed by atoms with Crippen molar-refractivity contribution < 1.29 is 19.4 Å². The SMILES string of the molecule is CC(C)(Oc1ccccc1N1CCN(C(=O)c2ccncc2)CC1)C(=O)O. The first-order chi connectivity index (χ1) is 12.9. The molecule has 1 saturated heterocycles. The highest BCUT2D eigenvalue weighted by Gasteiger charge is 2.31. The third kappa shape index (κ3) is 4.19. The Kier molecular flexibility index (Phi) is 5.30. The van der Waals surface area contributed by atoms with Crippen LogP contribution < -0.4 is 9.64 Å². The van der Waals surface area contributed by atoms with Crippen LogP contribution >= 0.6 is 0 Å². The summed E-state index contributed by atoms with van der Waals surface area (Å²) in [6.45, 7) is 5.50. The minimum atomic E-state index is -1.32. The molecule has 2 heterocycles. The molecule has 142 valence electrons. The standard InChI is InChI=1S/C20H23N3O4/c1-20(2,19(25)26)27-17-6-4-3-5-16(17)22-11-13-23(14-12-22)18(24)15-7-9-21-10-8-15/h3-10H,11-14H2,1-2H3,(H,25,26). The highest BCUT2D eigenvalue weighted by atomic mass is 16.5. The van der Waals surface area contributed by atoms with Crippen molar-refractivity contribution in [2.45, 2.75) is 19.4 Å². The number of piperazine rings is 1. The van der Waals surface area contributed by atoms with Gasteiger partial charge in [0, 0.05) is 44.1 Å². The van der Waals surface area contributed by atoms with Crippen LogP contribution in [-0.2, 0) is 4.79 Å². The van der Waals surface area contributed by atoms with E-state index in [2.05, 4.69) is 9.88 Å². The quantitative estimate of drug-likeness (QED) is 0.871. The molecule has 1 N–H and O–H groups in total. The van der Waals surface area contributed by atoms with Crippen molar-refractivity contribution in [1.29, 1.82) is 0 Å². The van der Waals surface area contributed by atoms with Crippen molar-refractivity contribution in [2.24, 2.45) is 0 Å². The molecule has 1 fully saturated rings. The Morgan fingerprint density at radius 2 is 1.67 bits per heavy atom. The number of carbonyl (C=O) groups is 2. The van der Waals surface area contributed by atoms with Gasteiger partial charge in [0.1, 0.15) is 5.75 Å². The maximum atomic E-state index is 12.6. The molecule has 1 aliphatic rings. The number of hydrogen-bond acceptors (Lipinski definition) is 5. The van der Waals surface area contributed by atoms with Crippen LogP contribution in [0.3, 0.4) is 0 Å². The Balaban J connectivity index is 1.70. The van der Waals surface area contributed by atoms with E-state index in [-0.39, 0.29) is 5.91 Å². The summed E-state index contributed by atoms with van der Waals surface area (Å²) in [5.74, 6) is -0.502. The van der Waals surface area contributed by atoms with Gasteiger partial charge < -0.3 is 19.6 Å². The van der Waals surface area contributed by atoms with Crippen molar-refractivity contribution in [3.8, 4) is 5.75 Å². The lowest BCUT2D eigenvalue weighted by atomic mass is 10.1. The van der Waals surface area contributed by atoms with Gasteiger partial charge >= 0.3 is 5.97 Å². The van der Waals surface area contributed by atoms with Gasteiger partial charge in [0.05, 0.1) is 5.69 Å². The number of pyridine rings is 1. The van der Waals surface area contributed by atoms with E-state index < -0.39 is 11.6 Å². The summed E-state index contributed by atoms with van der Waals surface area (Å²) in [5.41, 5.74) is 0.142. The first kappa shape index (κ1) is 18.7. The molecule has 0 aliphatic carbocycles. The van der Waals surface area contributed by atoms with Gasteiger partial charge in [-0.25, -0.2) is 4.79 Å². The van der Waals surface area contributed by atoms with E-state index >= 15 is 0 Å². The summed E-state index contributed by atoms with van der Waals surface area (Å²) in [6.07, 6.45) is 3.22. The molecule has 1 aromatic heterocycles. The Morgan fingerprint density at radius 1 is 1.04 bits per heavy atom. The molecule has 0 bridgehead atoms. The Bertz CT molecular complexity index is 815. The van der Waals surface area contributed by atoms with Gasteiger partial charge in [0.2, 0.25) is 0 Å². The lowest BCUT2D eigenvalue weighted by Gasteiger charge is -2.37. The molecule has 7 heteroatoms. The number of aromatic nitrogens is 1. The monoisotopic (exact) mass is 369 g/mol. The van der Waals surface area contributed by atoms with E-state index in [1.807, 2.05) is 23.1 Å². The molecular formula is C20H23N3O4. The summed E-state index contributed by atoms with van der Waals surface area (Å²) in [7, 11) is 0. The summed E-state index contributed by atoms with van der Waals surface area (Å²) in [4.78, 5) is 31.8. The number of anilines is 1. The van der Waals surface area contributed by atoms with Crippen molar-refractivity contribution in [3.05, 3.63) is 54.4 Å². The molecule has 2 aromatic rings. The van der Waals surface area contributed by atoms with E-state index in [1.165, 1.54) is 13.8 Å². The molecule has 27 heavy (non-hydrogen) atoms. The number of aliphatic carboxylic acids is 1. The zero-order chi connectivity index (χ0) is 19.4. The number of ether oxygens (including phenoxy) is 1. The van der Waals surface area contributed by atoms with Gasteiger partial charge in [-0.1, -0.05) is 12.1 Å². The number of benzene rings is 1. The second-order valence-electron chi connectivity index (χ2n) is 6.90.